The van der Waals surface area contributed by atoms with E-state index < -0.39 is 11.9 Å². The first-order chi connectivity index (χ1) is 9.11. The lowest BCUT2D eigenvalue weighted by Gasteiger charge is -2.38. The molecular formula is C13H23N3O3. The van der Waals surface area contributed by atoms with Gasteiger partial charge in [-0.1, -0.05) is 0 Å². The molecule has 19 heavy (non-hydrogen) atoms. The number of nitrogens with one attached hydrogen (secondary N) is 1. The van der Waals surface area contributed by atoms with Crippen molar-refractivity contribution in [3.05, 3.63) is 0 Å². The number of carbonyl (C=O) groups excluding carboxylic acids is 2. The number of ether oxygens (including phenoxy) is 1. The van der Waals surface area contributed by atoms with Crippen molar-refractivity contribution in [3.63, 3.8) is 0 Å². The topological polar surface area (TPSA) is 84.7 Å². The molecule has 1 saturated carbocycles. The third-order valence-electron chi connectivity index (χ3n) is 3.95. The molecule has 0 spiro atoms. The maximum absolute atomic E-state index is 12.2. The van der Waals surface area contributed by atoms with Crippen molar-refractivity contribution in [2.75, 3.05) is 26.2 Å². The molecule has 2 aliphatic rings. The highest BCUT2D eigenvalue weighted by Gasteiger charge is 2.35. The predicted octanol–water partition coefficient (Wildman–Crippen LogP) is -0.523. The summed E-state index contributed by atoms with van der Waals surface area (Å²) >= 11 is 0. The second kappa shape index (κ2) is 6.34. The van der Waals surface area contributed by atoms with Crippen LogP contribution in [0.15, 0.2) is 0 Å². The van der Waals surface area contributed by atoms with Crippen molar-refractivity contribution in [2.24, 2.45) is 11.7 Å². The fourth-order valence-corrected chi connectivity index (χ4v) is 2.83. The maximum atomic E-state index is 12.2. The number of amides is 2. The molecule has 6 nitrogen and oxygen atoms in total. The van der Waals surface area contributed by atoms with Crippen molar-refractivity contribution < 1.29 is 14.3 Å². The van der Waals surface area contributed by atoms with Gasteiger partial charge in [0, 0.05) is 32.7 Å². The lowest BCUT2D eigenvalue weighted by Crippen LogP contribution is -2.59. The second-order valence-electron chi connectivity index (χ2n) is 5.33. The van der Waals surface area contributed by atoms with Crippen LogP contribution in [0.2, 0.25) is 0 Å². The molecule has 1 aliphatic heterocycles. The Morgan fingerprint density at radius 2 is 2.16 bits per heavy atom. The standard InChI is InChI=1S/C13H23N3O3/c1-2-19-10-5-9(6-10)7-12(17)16-4-3-15-8-11(16)13(14)18/h9-11,15H,2-8H2,1H3,(H2,14,18). The van der Waals surface area contributed by atoms with Crippen LogP contribution in [-0.4, -0.2) is 55.1 Å². The zero-order valence-corrected chi connectivity index (χ0v) is 11.4. The molecule has 3 N–H and O–H groups in total. The van der Waals surface area contributed by atoms with Gasteiger partial charge >= 0.3 is 0 Å². The van der Waals surface area contributed by atoms with E-state index in [1.807, 2.05) is 6.92 Å². The summed E-state index contributed by atoms with van der Waals surface area (Å²) in [5.74, 6) is 0.0130. The normalized spacial score (nSPS) is 30.8. The van der Waals surface area contributed by atoms with Crippen LogP contribution in [0.25, 0.3) is 0 Å². The number of nitrogens with zero attached hydrogens (tertiary/aromatic N) is 1. The SMILES string of the molecule is CCOC1CC(CC(=O)N2CCNCC2C(N)=O)C1. The summed E-state index contributed by atoms with van der Waals surface area (Å²) in [6.07, 6.45) is 2.73. The lowest BCUT2D eigenvalue weighted by molar-refractivity contribution is -0.142. The first-order valence-electron chi connectivity index (χ1n) is 7.03. The molecular weight excluding hydrogens is 246 g/mol. The minimum absolute atomic E-state index is 0.0465. The summed E-state index contributed by atoms with van der Waals surface area (Å²) in [5, 5.41) is 3.09. The van der Waals surface area contributed by atoms with Crippen LogP contribution in [-0.2, 0) is 14.3 Å². The van der Waals surface area contributed by atoms with E-state index in [0.717, 1.165) is 26.0 Å². The summed E-state index contributed by atoms with van der Waals surface area (Å²) in [4.78, 5) is 25.2. The molecule has 2 rings (SSSR count). The average molecular weight is 269 g/mol. The van der Waals surface area contributed by atoms with Gasteiger partial charge in [0.15, 0.2) is 0 Å². The van der Waals surface area contributed by atoms with Crippen molar-refractivity contribution in [3.8, 4) is 0 Å². The predicted molar refractivity (Wildman–Crippen MR) is 70.3 cm³/mol. The molecule has 2 amide bonds. The molecule has 1 aliphatic carbocycles. The van der Waals surface area contributed by atoms with Gasteiger partial charge < -0.3 is 20.7 Å². The third-order valence-corrected chi connectivity index (χ3v) is 3.95. The van der Waals surface area contributed by atoms with E-state index in [9.17, 15) is 9.59 Å². The number of hydrogen-bond donors (Lipinski definition) is 2. The van der Waals surface area contributed by atoms with E-state index in [-0.39, 0.29) is 5.91 Å². The highest BCUT2D eigenvalue weighted by atomic mass is 16.5. The largest absolute Gasteiger partial charge is 0.378 e. The number of nitrogens with two attached hydrogens (primary N) is 1. The molecule has 0 aromatic rings. The fourth-order valence-electron chi connectivity index (χ4n) is 2.83. The van der Waals surface area contributed by atoms with Crippen molar-refractivity contribution in [2.45, 2.75) is 38.3 Å². The smallest absolute Gasteiger partial charge is 0.241 e. The zero-order chi connectivity index (χ0) is 13.8. The Hall–Kier alpha value is -1.14. The van der Waals surface area contributed by atoms with Crippen LogP contribution < -0.4 is 11.1 Å². The van der Waals surface area contributed by atoms with E-state index in [1.54, 1.807) is 4.90 Å². The minimum Gasteiger partial charge on any atom is -0.378 e. The quantitative estimate of drug-likeness (QED) is 0.703. The first kappa shape index (κ1) is 14.3. The van der Waals surface area contributed by atoms with E-state index in [2.05, 4.69) is 5.32 Å². The molecule has 0 aromatic heterocycles. The van der Waals surface area contributed by atoms with Crippen LogP contribution >= 0.6 is 0 Å². The van der Waals surface area contributed by atoms with Gasteiger partial charge in [-0.3, -0.25) is 9.59 Å². The Labute approximate surface area is 113 Å². The highest BCUT2D eigenvalue weighted by molar-refractivity contribution is 5.87. The molecule has 2 fully saturated rings. The number of piperazine rings is 1. The number of hydrogen-bond acceptors (Lipinski definition) is 4. The monoisotopic (exact) mass is 269 g/mol. The van der Waals surface area contributed by atoms with Gasteiger partial charge in [0.1, 0.15) is 6.04 Å². The molecule has 0 aromatic carbocycles. The molecule has 1 heterocycles. The van der Waals surface area contributed by atoms with Gasteiger partial charge in [-0.25, -0.2) is 0 Å². The molecule has 1 unspecified atom stereocenters. The number of carbonyl (C=O) groups is 2. The second-order valence-corrected chi connectivity index (χ2v) is 5.33. The molecule has 0 radical (unpaired) electrons. The molecule has 1 atom stereocenters. The van der Waals surface area contributed by atoms with Crippen LogP contribution in [0.3, 0.4) is 0 Å². The first-order valence-corrected chi connectivity index (χ1v) is 7.03. The van der Waals surface area contributed by atoms with Crippen molar-refractivity contribution in [1.82, 2.24) is 10.2 Å². The van der Waals surface area contributed by atoms with Crippen LogP contribution in [0.1, 0.15) is 26.2 Å². The Morgan fingerprint density at radius 1 is 1.42 bits per heavy atom. The molecule has 1 saturated heterocycles. The fraction of sp³-hybridized carbons (Fsp3) is 0.846. The molecule has 6 heteroatoms. The third kappa shape index (κ3) is 3.45. The van der Waals surface area contributed by atoms with E-state index in [0.29, 0.717) is 31.5 Å². The molecule has 0 bridgehead atoms. The van der Waals surface area contributed by atoms with Crippen molar-refractivity contribution >= 4 is 11.8 Å². The highest BCUT2D eigenvalue weighted by Crippen LogP contribution is 2.33. The van der Waals surface area contributed by atoms with Crippen molar-refractivity contribution in [1.29, 1.82) is 0 Å². The summed E-state index contributed by atoms with van der Waals surface area (Å²) < 4.78 is 5.49. The van der Waals surface area contributed by atoms with Gasteiger partial charge in [-0.15, -0.1) is 0 Å². The lowest BCUT2D eigenvalue weighted by atomic mass is 9.79. The Balaban J connectivity index is 1.80. The van der Waals surface area contributed by atoms with E-state index >= 15 is 0 Å². The average Bonchev–Trinajstić information content (AvgIpc) is 2.36. The summed E-state index contributed by atoms with van der Waals surface area (Å²) in [6.45, 7) is 4.46. The van der Waals surface area contributed by atoms with Crippen LogP contribution in [0.4, 0.5) is 0 Å². The molecule has 108 valence electrons. The summed E-state index contributed by atoms with van der Waals surface area (Å²) in [5.41, 5.74) is 5.34. The summed E-state index contributed by atoms with van der Waals surface area (Å²) in [6, 6.07) is -0.496. The van der Waals surface area contributed by atoms with Gasteiger partial charge in [0.2, 0.25) is 11.8 Å². The maximum Gasteiger partial charge on any atom is 0.241 e. The number of primary amides is 1. The Bertz CT molecular complexity index is 342. The van der Waals surface area contributed by atoms with Crippen LogP contribution in [0.5, 0.6) is 0 Å². The van der Waals surface area contributed by atoms with Gasteiger partial charge in [-0.05, 0) is 25.7 Å². The zero-order valence-electron chi connectivity index (χ0n) is 11.4. The Morgan fingerprint density at radius 3 is 2.79 bits per heavy atom. The minimum atomic E-state index is -0.496. The van der Waals surface area contributed by atoms with Gasteiger partial charge in [0.25, 0.3) is 0 Å². The van der Waals surface area contributed by atoms with Gasteiger partial charge in [-0.2, -0.15) is 0 Å². The Kier molecular flexibility index (Phi) is 4.76. The van der Waals surface area contributed by atoms with Gasteiger partial charge in [0.05, 0.1) is 6.10 Å². The number of rotatable bonds is 5. The van der Waals surface area contributed by atoms with Crippen LogP contribution in [0, 0.1) is 5.92 Å². The van der Waals surface area contributed by atoms with E-state index in [4.69, 9.17) is 10.5 Å². The summed E-state index contributed by atoms with van der Waals surface area (Å²) in [7, 11) is 0. The van der Waals surface area contributed by atoms with E-state index in [1.165, 1.54) is 0 Å².